The van der Waals surface area contributed by atoms with Crippen molar-refractivity contribution in [2.24, 2.45) is 0 Å². The van der Waals surface area contributed by atoms with Gasteiger partial charge < -0.3 is 9.73 Å². The summed E-state index contributed by atoms with van der Waals surface area (Å²) in [6, 6.07) is 20.1. The first kappa shape index (κ1) is 23.7. The summed E-state index contributed by atoms with van der Waals surface area (Å²) >= 11 is 5.92. The van der Waals surface area contributed by atoms with Crippen molar-refractivity contribution in [3.8, 4) is 0 Å². The molecule has 0 atom stereocenters. The second-order valence-electron chi connectivity index (χ2n) is 7.70. The van der Waals surface area contributed by atoms with Gasteiger partial charge in [-0.25, -0.2) is 13.2 Å². The van der Waals surface area contributed by atoms with E-state index < -0.39 is 15.8 Å². The number of oxazole rings is 1. The Balaban J connectivity index is 1.38. The van der Waals surface area contributed by atoms with E-state index in [0.29, 0.717) is 21.8 Å². The fourth-order valence-electron chi connectivity index (χ4n) is 3.50. The number of fused-ring (bicyclic) bond motifs is 1. The molecular formula is C24H22ClN3O5S. The Kier molecular flexibility index (Phi) is 6.87. The van der Waals surface area contributed by atoms with Gasteiger partial charge in [0.2, 0.25) is 15.9 Å². The summed E-state index contributed by atoms with van der Waals surface area (Å²) in [6.07, 6.45) is 0.0248. The van der Waals surface area contributed by atoms with Crippen molar-refractivity contribution in [3.63, 3.8) is 0 Å². The van der Waals surface area contributed by atoms with Crippen molar-refractivity contribution in [2.45, 2.75) is 24.4 Å². The zero-order valence-corrected chi connectivity index (χ0v) is 19.8. The lowest BCUT2D eigenvalue weighted by atomic mass is 10.2. The highest BCUT2D eigenvalue weighted by Crippen LogP contribution is 2.20. The Labute approximate surface area is 201 Å². The molecule has 176 valence electrons. The summed E-state index contributed by atoms with van der Waals surface area (Å²) < 4.78 is 33.5. The minimum Gasteiger partial charge on any atom is -0.408 e. The van der Waals surface area contributed by atoms with Gasteiger partial charge in [0.15, 0.2) is 5.58 Å². The number of rotatable bonds is 8. The zero-order valence-electron chi connectivity index (χ0n) is 18.3. The lowest BCUT2D eigenvalue weighted by Gasteiger charge is -2.17. The van der Waals surface area contributed by atoms with Gasteiger partial charge in [0.05, 0.1) is 10.4 Å². The number of hydrogen-bond donors (Lipinski definition) is 1. The van der Waals surface area contributed by atoms with E-state index in [1.165, 1.54) is 40.2 Å². The van der Waals surface area contributed by atoms with Gasteiger partial charge in [0.25, 0.3) is 0 Å². The topological polar surface area (TPSA) is 102 Å². The van der Waals surface area contributed by atoms with Crippen LogP contribution < -0.4 is 11.1 Å². The average Bonchev–Trinajstić information content (AvgIpc) is 3.12. The van der Waals surface area contributed by atoms with Gasteiger partial charge in [-0.05, 0) is 42.0 Å². The standard InChI is InChI=1S/C24H22ClN3O5S/c1-27(16-17-5-3-2-4-6-17)34(31,32)20-10-8-19(9-11-20)26-23(29)13-14-28-21-12-7-18(25)15-22(21)33-24(28)30/h2-12,15H,13-14,16H2,1H3,(H,26,29). The summed E-state index contributed by atoms with van der Waals surface area (Å²) in [7, 11) is -2.17. The summed E-state index contributed by atoms with van der Waals surface area (Å²) in [5.41, 5.74) is 2.24. The van der Waals surface area contributed by atoms with Crippen LogP contribution >= 0.6 is 11.6 Å². The number of hydrogen-bond acceptors (Lipinski definition) is 5. The Hall–Kier alpha value is -3.40. The minimum absolute atomic E-state index is 0.0248. The van der Waals surface area contributed by atoms with Crippen LogP contribution in [0.4, 0.5) is 5.69 Å². The van der Waals surface area contributed by atoms with Crippen LogP contribution in [0.2, 0.25) is 5.02 Å². The van der Waals surface area contributed by atoms with E-state index in [2.05, 4.69) is 5.32 Å². The van der Waals surface area contributed by atoms with Crippen LogP contribution in [0, 0.1) is 0 Å². The molecule has 1 N–H and O–H groups in total. The highest BCUT2D eigenvalue weighted by atomic mass is 35.5. The van der Waals surface area contributed by atoms with Crippen molar-refractivity contribution in [1.29, 1.82) is 0 Å². The molecule has 0 radical (unpaired) electrons. The number of sulfonamides is 1. The van der Waals surface area contributed by atoms with Crippen molar-refractivity contribution in [3.05, 3.63) is 93.9 Å². The molecule has 0 aliphatic heterocycles. The highest BCUT2D eigenvalue weighted by Gasteiger charge is 2.21. The number of benzene rings is 3. The Morgan fingerprint density at radius 2 is 1.76 bits per heavy atom. The van der Waals surface area contributed by atoms with Gasteiger partial charge in [0, 0.05) is 43.3 Å². The average molecular weight is 500 g/mol. The normalized spacial score (nSPS) is 11.7. The quantitative estimate of drug-likeness (QED) is 0.393. The highest BCUT2D eigenvalue weighted by molar-refractivity contribution is 7.89. The molecule has 0 aliphatic carbocycles. The van der Waals surface area contributed by atoms with Gasteiger partial charge in [-0.2, -0.15) is 4.31 Å². The van der Waals surface area contributed by atoms with E-state index in [0.717, 1.165) is 5.56 Å². The van der Waals surface area contributed by atoms with Crippen molar-refractivity contribution in [2.75, 3.05) is 12.4 Å². The zero-order chi connectivity index (χ0) is 24.3. The first-order chi connectivity index (χ1) is 16.2. The molecule has 3 aromatic carbocycles. The lowest BCUT2D eigenvalue weighted by molar-refractivity contribution is -0.116. The van der Waals surface area contributed by atoms with E-state index >= 15 is 0 Å². The van der Waals surface area contributed by atoms with Crippen molar-refractivity contribution in [1.82, 2.24) is 8.87 Å². The van der Waals surface area contributed by atoms with Gasteiger partial charge in [-0.15, -0.1) is 0 Å². The largest absolute Gasteiger partial charge is 0.419 e. The fraction of sp³-hybridized carbons (Fsp3) is 0.167. The number of aromatic nitrogens is 1. The molecule has 10 heteroatoms. The van der Waals surface area contributed by atoms with E-state index in [1.807, 2.05) is 30.3 Å². The predicted octanol–water partition coefficient (Wildman–Crippen LogP) is 4.10. The van der Waals surface area contributed by atoms with Gasteiger partial charge >= 0.3 is 5.76 Å². The molecule has 4 rings (SSSR count). The molecule has 1 aromatic heterocycles. The van der Waals surface area contributed by atoms with Crippen LogP contribution in [0.1, 0.15) is 12.0 Å². The van der Waals surface area contributed by atoms with Crippen LogP contribution in [0.3, 0.4) is 0 Å². The number of aryl methyl sites for hydroxylation is 1. The molecule has 1 amide bonds. The Morgan fingerprint density at radius 1 is 1.06 bits per heavy atom. The number of halogens is 1. The van der Waals surface area contributed by atoms with E-state index in [4.69, 9.17) is 16.0 Å². The molecule has 0 aliphatic rings. The SMILES string of the molecule is CN(Cc1ccccc1)S(=O)(=O)c1ccc(NC(=O)CCn2c(=O)oc3cc(Cl)ccc32)cc1. The first-order valence-electron chi connectivity index (χ1n) is 10.4. The van der Waals surface area contributed by atoms with Crippen LogP contribution in [-0.2, 0) is 27.9 Å². The fourth-order valence-corrected chi connectivity index (χ4v) is 4.83. The van der Waals surface area contributed by atoms with Crippen molar-refractivity contribution >= 4 is 44.3 Å². The molecule has 0 bridgehead atoms. The van der Waals surface area contributed by atoms with Crippen LogP contribution in [0.5, 0.6) is 0 Å². The first-order valence-corrected chi connectivity index (χ1v) is 12.2. The number of carbonyl (C=O) groups is 1. The molecule has 0 fully saturated rings. The summed E-state index contributed by atoms with van der Waals surface area (Å²) in [5, 5.41) is 3.16. The Bertz CT molecular complexity index is 1480. The third-order valence-corrected chi connectivity index (χ3v) is 7.34. The maximum absolute atomic E-state index is 12.9. The number of carbonyl (C=O) groups excluding carboxylic acids is 1. The van der Waals surface area contributed by atoms with E-state index in [9.17, 15) is 18.0 Å². The molecule has 0 spiro atoms. The van der Waals surface area contributed by atoms with Gasteiger partial charge in [-0.1, -0.05) is 41.9 Å². The third kappa shape index (κ3) is 5.22. The van der Waals surface area contributed by atoms with Crippen molar-refractivity contribution < 1.29 is 17.6 Å². The minimum atomic E-state index is -3.69. The van der Waals surface area contributed by atoms with Gasteiger partial charge in [0.1, 0.15) is 0 Å². The van der Waals surface area contributed by atoms with Crippen LogP contribution in [-0.4, -0.2) is 30.2 Å². The molecule has 0 saturated heterocycles. The molecule has 8 nitrogen and oxygen atoms in total. The second-order valence-corrected chi connectivity index (χ2v) is 10.2. The second kappa shape index (κ2) is 9.84. The molecule has 0 saturated carbocycles. The van der Waals surface area contributed by atoms with E-state index in [-0.39, 0.29) is 30.3 Å². The Morgan fingerprint density at radius 3 is 2.47 bits per heavy atom. The summed E-state index contributed by atoms with van der Waals surface area (Å²) in [5.74, 6) is -0.897. The molecule has 1 heterocycles. The van der Waals surface area contributed by atoms with E-state index in [1.54, 1.807) is 18.2 Å². The predicted molar refractivity (Wildman–Crippen MR) is 130 cm³/mol. The summed E-state index contributed by atoms with van der Waals surface area (Å²) in [4.78, 5) is 24.6. The number of nitrogens with zero attached hydrogens (tertiary/aromatic N) is 2. The van der Waals surface area contributed by atoms with Crippen LogP contribution in [0.15, 0.2) is 86.9 Å². The maximum Gasteiger partial charge on any atom is 0.419 e. The number of anilines is 1. The van der Waals surface area contributed by atoms with Crippen LogP contribution in [0.25, 0.3) is 11.1 Å². The monoisotopic (exact) mass is 499 g/mol. The smallest absolute Gasteiger partial charge is 0.408 e. The number of nitrogens with one attached hydrogen (secondary N) is 1. The summed E-state index contributed by atoms with van der Waals surface area (Å²) in [6.45, 7) is 0.367. The van der Waals surface area contributed by atoms with Gasteiger partial charge in [-0.3, -0.25) is 9.36 Å². The molecule has 0 unspecified atom stereocenters. The number of amides is 1. The molecular weight excluding hydrogens is 478 g/mol. The third-order valence-electron chi connectivity index (χ3n) is 5.29. The molecule has 4 aromatic rings. The maximum atomic E-state index is 12.9. The molecule has 34 heavy (non-hydrogen) atoms. The lowest BCUT2D eigenvalue weighted by Crippen LogP contribution is -2.26.